The largest absolute Gasteiger partial charge is 0.756 e. The first-order valence-corrected chi connectivity index (χ1v) is 3.70. The second-order valence-electron chi connectivity index (χ2n) is 1.66. The third-order valence-electron chi connectivity index (χ3n) is 0.776. The van der Waals surface area contributed by atoms with Gasteiger partial charge in [0.1, 0.15) is 0 Å². The molecule has 1 heterocycles. The van der Waals surface area contributed by atoms with E-state index in [1.54, 1.807) is 6.92 Å². The lowest BCUT2D eigenvalue weighted by Gasteiger charge is -2.12. The summed E-state index contributed by atoms with van der Waals surface area (Å²) in [7, 11) is -3.85. The maximum atomic E-state index is 10.2. The van der Waals surface area contributed by atoms with E-state index in [1.807, 2.05) is 0 Å². The number of phosphoric acid groups is 1. The van der Waals surface area contributed by atoms with Crippen molar-refractivity contribution in [2.75, 3.05) is 6.61 Å². The normalized spacial score (nSPS) is 47.5. The van der Waals surface area contributed by atoms with Gasteiger partial charge in [0.05, 0.1) is 12.7 Å². The zero-order chi connectivity index (χ0) is 6.20. The van der Waals surface area contributed by atoms with Crippen LogP contribution < -0.4 is 4.89 Å². The van der Waals surface area contributed by atoms with Crippen molar-refractivity contribution in [3.63, 3.8) is 0 Å². The Labute approximate surface area is 47.0 Å². The van der Waals surface area contributed by atoms with E-state index in [-0.39, 0.29) is 12.7 Å². The lowest BCUT2D eigenvalue weighted by Crippen LogP contribution is -2.02. The zero-order valence-corrected chi connectivity index (χ0v) is 5.26. The van der Waals surface area contributed by atoms with Crippen LogP contribution in [-0.4, -0.2) is 12.7 Å². The van der Waals surface area contributed by atoms with Gasteiger partial charge in [-0.3, -0.25) is 4.57 Å². The van der Waals surface area contributed by atoms with Crippen LogP contribution in [0.1, 0.15) is 6.92 Å². The van der Waals surface area contributed by atoms with Gasteiger partial charge in [-0.2, -0.15) is 0 Å². The summed E-state index contributed by atoms with van der Waals surface area (Å²) >= 11 is 0. The van der Waals surface area contributed by atoms with E-state index in [2.05, 4.69) is 9.05 Å². The molecule has 1 unspecified atom stereocenters. The smallest absolute Gasteiger partial charge is 0.268 e. The van der Waals surface area contributed by atoms with Crippen LogP contribution in [0.3, 0.4) is 0 Å². The molecule has 1 aliphatic heterocycles. The molecule has 0 spiro atoms. The zero-order valence-electron chi connectivity index (χ0n) is 4.36. The summed E-state index contributed by atoms with van der Waals surface area (Å²) in [6.07, 6.45) is -0.307. The molecule has 0 aliphatic carbocycles. The van der Waals surface area contributed by atoms with Gasteiger partial charge in [-0.25, -0.2) is 0 Å². The Morgan fingerprint density at radius 2 is 2.50 bits per heavy atom. The maximum absolute atomic E-state index is 10.2. The highest BCUT2D eigenvalue weighted by molar-refractivity contribution is 7.46. The van der Waals surface area contributed by atoms with Crippen LogP contribution in [0.5, 0.6) is 0 Å². The third kappa shape index (κ3) is 1.29. The molecule has 48 valence electrons. The van der Waals surface area contributed by atoms with Crippen molar-refractivity contribution in [2.24, 2.45) is 0 Å². The Morgan fingerprint density at radius 1 is 1.88 bits per heavy atom. The lowest BCUT2D eigenvalue weighted by molar-refractivity contribution is -0.214. The Morgan fingerprint density at radius 3 is 2.62 bits per heavy atom. The molecule has 0 radical (unpaired) electrons. The number of rotatable bonds is 0. The van der Waals surface area contributed by atoms with Crippen molar-refractivity contribution >= 4 is 7.82 Å². The highest BCUT2D eigenvalue weighted by atomic mass is 31.2. The summed E-state index contributed by atoms with van der Waals surface area (Å²) in [4.78, 5) is 10.2. The van der Waals surface area contributed by atoms with Gasteiger partial charge in [0.15, 0.2) is 0 Å². The monoisotopic (exact) mass is 137 g/mol. The fraction of sp³-hybridized carbons (Fsp3) is 1.00. The Hall–Kier alpha value is 0.110. The van der Waals surface area contributed by atoms with E-state index in [1.165, 1.54) is 0 Å². The van der Waals surface area contributed by atoms with Crippen LogP contribution in [0, 0.1) is 0 Å². The Bertz CT molecular complexity index is 133. The van der Waals surface area contributed by atoms with E-state index in [9.17, 15) is 9.46 Å². The van der Waals surface area contributed by atoms with Gasteiger partial charge in [0.2, 0.25) is 0 Å². The predicted molar refractivity (Wildman–Crippen MR) is 24.1 cm³/mol. The highest BCUT2D eigenvalue weighted by Gasteiger charge is 2.22. The molecule has 4 nitrogen and oxygen atoms in total. The molecular weight excluding hydrogens is 131 g/mol. The molecule has 1 saturated heterocycles. The molecule has 0 N–H and O–H groups in total. The van der Waals surface area contributed by atoms with E-state index in [4.69, 9.17) is 0 Å². The first-order valence-electron chi connectivity index (χ1n) is 2.24. The van der Waals surface area contributed by atoms with Gasteiger partial charge in [-0.05, 0) is 6.92 Å². The fourth-order valence-electron chi connectivity index (χ4n) is 0.477. The van der Waals surface area contributed by atoms with Gasteiger partial charge in [-0.15, -0.1) is 0 Å². The average Bonchev–Trinajstić information content (AvgIpc) is 1.82. The molecule has 1 fully saturated rings. The van der Waals surface area contributed by atoms with Crippen molar-refractivity contribution in [2.45, 2.75) is 13.0 Å². The maximum Gasteiger partial charge on any atom is 0.268 e. The lowest BCUT2D eigenvalue weighted by atomic mass is 10.5. The van der Waals surface area contributed by atoms with Crippen molar-refractivity contribution in [3.8, 4) is 0 Å². The van der Waals surface area contributed by atoms with Crippen LogP contribution in [0.4, 0.5) is 0 Å². The van der Waals surface area contributed by atoms with Crippen molar-refractivity contribution in [1.82, 2.24) is 0 Å². The minimum atomic E-state index is -3.85. The summed E-state index contributed by atoms with van der Waals surface area (Å²) in [5, 5.41) is 0. The Kier molecular flexibility index (Phi) is 1.41. The Balaban J connectivity index is 2.57. The molecule has 0 aromatic rings. The highest BCUT2D eigenvalue weighted by Crippen LogP contribution is 2.44. The molecule has 0 aromatic heterocycles. The molecule has 0 saturated carbocycles. The SMILES string of the molecule is C[C@H]1COP(=O)([O-])O1. The van der Waals surface area contributed by atoms with Crippen molar-refractivity contribution in [3.05, 3.63) is 0 Å². The molecule has 8 heavy (non-hydrogen) atoms. The fourth-order valence-corrected chi connectivity index (χ4v) is 1.43. The van der Waals surface area contributed by atoms with Crippen molar-refractivity contribution < 1.29 is 18.5 Å². The van der Waals surface area contributed by atoms with Crippen LogP contribution in [0.25, 0.3) is 0 Å². The molecule has 0 aromatic carbocycles. The first kappa shape index (κ1) is 6.23. The minimum Gasteiger partial charge on any atom is -0.756 e. The second-order valence-corrected chi connectivity index (χ2v) is 3.02. The summed E-state index contributed by atoms with van der Waals surface area (Å²) < 4.78 is 18.8. The van der Waals surface area contributed by atoms with Crippen LogP contribution in [0.15, 0.2) is 0 Å². The molecule has 5 heteroatoms. The topological polar surface area (TPSA) is 58.6 Å². The summed E-state index contributed by atoms with van der Waals surface area (Å²) in [6.45, 7) is 1.79. The molecule has 1 rings (SSSR count). The standard InChI is InChI=1S/C3H7O4P/c1-3-2-6-8(4,5)7-3/h3H,2H2,1H3,(H,4,5)/p-1/t3-/m0/s1. The molecule has 0 bridgehead atoms. The van der Waals surface area contributed by atoms with Gasteiger partial charge in [-0.1, -0.05) is 0 Å². The molecule has 0 amide bonds. The van der Waals surface area contributed by atoms with Gasteiger partial charge >= 0.3 is 0 Å². The summed E-state index contributed by atoms with van der Waals surface area (Å²) in [5.41, 5.74) is 0. The van der Waals surface area contributed by atoms with Gasteiger partial charge in [0, 0.05) is 0 Å². The minimum absolute atomic E-state index is 0.154. The van der Waals surface area contributed by atoms with Crippen LogP contribution in [0.2, 0.25) is 0 Å². The van der Waals surface area contributed by atoms with E-state index in [0.717, 1.165) is 0 Å². The van der Waals surface area contributed by atoms with E-state index in [0.29, 0.717) is 0 Å². The molecule has 2 atom stereocenters. The van der Waals surface area contributed by atoms with Gasteiger partial charge in [0.25, 0.3) is 7.82 Å². The number of phosphoric ester groups is 1. The third-order valence-corrected chi connectivity index (χ3v) is 1.86. The predicted octanol–water partition coefficient (Wildman–Crippen LogP) is -0.110. The van der Waals surface area contributed by atoms with E-state index < -0.39 is 7.82 Å². The second kappa shape index (κ2) is 1.81. The van der Waals surface area contributed by atoms with Crippen molar-refractivity contribution in [1.29, 1.82) is 0 Å². The van der Waals surface area contributed by atoms with Crippen LogP contribution >= 0.6 is 7.82 Å². The first-order chi connectivity index (χ1) is 3.60. The molecule has 1 aliphatic rings. The quantitative estimate of drug-likeness (QED) is 0.437. The summed E-state index contributed by atoms with van der Waals surface area (Å²) in [5.74, 6) is 0. The number of hydrogen-bond donors (Lipinski definition) is 0. The average molecular weight is 137 g/mol. The number of hydrogen-bond acceptors (Lipinski definition) is 4. The van der Waals surface area contributed by atoms with E-state index >= 15 is 0 Å². The van der Waals surface area contributed by atoms with Crippen LogP contribution in [-0.2, 0) is 13.6 Å². The summed E-state index contributed by atoms with van der Waals surface area (Å²) in [6, 6.07) is 0. The van der Waals surface area contributed by atoms with Gasteiger partial charge < -0.3 is 13.9 Å². The molecular formula is C3H6O4P-.